The quantitative estimate of drug-likeness (QED) is 0.550. The van der Waals surface area contributed by atoms with Gasteiger partial charge in [0.25, 0.3) is 0 Å². The summed E-state index contributed by atoms with van der Waals surface area (Å²) >= 11 is 0. The van der Waals surface area contributed by atoms with Crippen LogP contribution in [0.25, 0.3) is 0 Å². The molecule has 1 N–H and O–H groups in total. The molecule has 0 bridgehead atoms. The number of morpholine rings is 2. The van der Waals surface area contributed by atoms with Crippen LogP contribution in [0.2, 0.25) is 0 Å². The Morgan fingerprint density at radius 1 is 1.07 bits per heavy atom. The third-order valence-corrected chi connectivity index (χ3v) is 5.40. The second kappa shape index (κ2) is 10.6. The first kappa shape index (κ1) is 20.8. The summed E-state index contributed by atoms with van der Waals surface area (Å²) in [7, 11) is 0. The van der Waals surface area contributed by atoms with Crippen molar-refractivity contribution in [3.05, 3.63) is 0 Å². The van der Waals surface area contributed by atoms with E-state index in [1.54, 1.807) is 0 Å². The van der Waals surface area contributed by atoms with Crippen LogP contribution in [0.5, 0.6) is 0 Å². The lowest BCUT2D eigenvalue weighted by molar-refractivity contribution is -0.0818. The van der Waals surface area contributed by atoms with E-state index in [0.717, 1.165) is 77.9 Å². The monoisotopic (exact) mass is 382 g/mol. The van der Waals surface area contributed by atoms with Crippen LogP contribution in [0, 0.1) is 5.92 Å². The summed E-state index contributed by atoms with van der Waals surface area (Å²) in [6.07, 6.45) is 2.82. The van der Waals surface area contributed by atoms with Gasteiger partial charge >= 0.3 is 0 Å². The van der Waals surface area contributed by atoms with E-state index in [0.29, 0.717) is 12.5 Å². The predicted molar refractivity (Wildman–Crippen MR) is 107 cm³/mol. The Kier molecular flexibility index (Phi) is 8.18. The van der Waals surface area contributed by atoms with E-state index in [1.807, 2.05) is 0 Å². The van der Waals surface area contributed by atoms with Crippen molar-refractivity contribution in [1.29, 1.82) is 0 Å². The van der Waals surface area contributed by atoms with Crippen molar-refractivity contribution in [2.24, 2.45) is 10.9 Å². The van der Waals surface area contributed by atoms with E-state index in [-0.39, 0.29) is 18.3 Å². The molecule has 0 saturated carbocycles. The topological polar surface area (TPSA) is 58.6 Å². The van der Waals surface area contributed by atoms with Crippen LogP contribution in [0.4, 0.5) is 0 Å². The largest absolute Gasteiger partial charge is 0.375 e. The Labute approximate surface area is 164 Å². The highest BCUT2D eigenvalue weighted by Gasteiger charge is 2.32. The summed E-state index contributed by atoms with van der Waals surface area (Å²) < 4.78 is 17.8. The molecule has 3 unspecified atom stereocenters. The van der Waals surface area contributed by atoms with Gasteiger partial charge < -0.3 is 24.4 Å². The number of hydrogen-bond donors (Lipinski definition) is 1. The molecule has 0 aromatic heterocycles. The first-order valence-electron chi connectivity index (χ1n) is 10.8. The lowest BCUT2D eigenvalue weighted by atomic mass is 10.1. The lowest BCUT2D eigenvalue weighted by Crippen LogP contribution is -2.53. The zero-order chi connectivity index (χ0) is 19.1. The van der Waals surface area contributed by atoms with Crippen molar-refractivity contribution in [3.63, 3.8) is 0 Å². The maximum Gasteiger partial charge on any atom is 0.194 e. The Morgan fingerprint density at radius 3 is 2.63 bits per heavy atom. The average Bonchev–Trinajstić information content (AvgIpc) is 3.20. The molecule has 3 saturated heterocycles. The number of rotatable bonds is 6. The number of nitrogens with one attached hydrogen (secondary N) is 1. The van der Waals surface area contributed by atoms with Gasteiger partial charge in [0, 0.05) is 45.9 Å². The molecular weight excluding hydrogens is 344 g/mol. The minimum absolute atomic E-state index is 0.151. The summed E-state index contributed by atoms with van der Waals surface area (Å²) in [5.41, 5.74) is 0. The van der Waals surface area contributed by atoms with Gasteiger partial charge in [0.05, 0.1) is 32.0 Å². The molecule has 0 radical (unpaired) electrons. The number of ether oxygens (including phenoxy) is 3. The minimum atomic E-state index is 0.151. The number of nitrogens with zero attached hydrogens (tertiary/aromatic N) is 3. The van der Waals surface area contributed by atoms with Gasteiger partial charge in [-0.25, -0.2) is 0 Å². The van der Waals surface area contributed by atoms with Crippen molar-refractivity contribution in [3.8, 4) is 0 Å². The van der Waals surface area contributed by atoms with Gasteiger partial charge in [-0.3, -0.25) is 9.89 Å². The maximum atomic E-state index is 5.99. The second-order valence-electron chi connectivity index (χ2n) is 8.25. The fourth-order valence-electron chi connectivity index (χ4n) is 4.18. The smallest absolute Gasteiger partial charge is 0.194 e. The molecule has 156 valence electrons. The summed E-state index contributed by atoms with van der Waals surface area (Å²) in [6.45, 7) is 15.5. The van der Waals surface area contributed by atoms with E-state index >= 15 is 0 Å². The number of aliphatic imine (C=N–C) groups is 1. The molecule has 0 amide bonds. The highest BCUT2D eigenvalue weighted by atomic mass is 16.5. The molecule has 7 nitrogen and oxygen atoms in total. The Hall–Kier alpha value is -0.890. The van der Waals surface area contributed by atoms with Crippen molar-refractivity contribution < 1.29 is 14.2 Å². The first-order chi connectivity index (χ1) is 13.2. The molecule has 0 spiro atoms. The normalized spacial score (nSPS) is 30.9. The Morgan fingerprint density at radius 2 is 1.89 bits per heavy atom. The van der Waals surface area contributed by atoms with E-state index in [9.17, 15) is 0 Å². The van der Waals surface area contributed by atoms with Crippen LogP contribution in [0.1, 0.15) is 33.6 Å². The SMILES string of the molecule is CCNC(=NCC1CN(CC(C)C)CCO1)N1CCOC(C2CCCO2)C1. The third-order valence-electron chi connectivity index (χ3n) is 5.40. The van der Waals surface area contributed by atoms with Crippen LogP contribution < -0.4 is 5.32 Å². The van der Waals surface area contributed by atoms with E-state index in [4.69, 9.17) is 19.2 Å². The first-order valence-corrected chi connectivity index (χ1v) is 10.8. The summed E-state index contributed by atoms with van der Waals surface area (Å²) in [6, 6.07) is 0. The molecule has 0 aromatic carbocycles. The average molecular weight is 383 g/mol. The second-order valence-corrected chi connectivity index (χ2v) is 8.25. The van der Waals surface area contributed by atoms with Crippen LogP contribution >= 0.6 is 0 Å². The fraction of sp³-hybridized carbons (Fsp3) is 0.950. The van der Waals surface area contributed by atoms with Crippen LogP contribution in [0.3, 0.4) is 0 Å². The van der Waals surface area contributed by atoms with Gasteiger partial charge in [-0.05, 0) is 25.7 Å². The molecule has 3 aliphatic rings. The van der Waals surface area contributed by atoms with Crippen LogP contribution in [-0.4, -0.2) is 99.7 Å². The molecule has 3 aliphatic heterocycles. The highest BCUT2D eigenvalue weighted by Crippen LogP contribution is 2.21. The molecular formula is C20H38N4O3. The number of hydrogen-bond acceptors (Lipinski definition) is 5. The standard InChI is InChI=1S/C20H38N4O3/c1-4-21-20(22-12-17-14-23(7-10-25-17)13-16(2)3)24-8-11-27-19(15-24)18-6-5-9-26-18/h16-19H,4-15H2,1-3H3,(H,21,22). The summed E-state index contributed by atoms with van der Waals surface area (Å²) in [4.78, 5) is 9.75. The molecule has 3 rings (SSSR count). The minimum Gasteiger partial charge on any atom is -0.375 e. The van der Waals surface area contributed by atoms with Gasteiger partial charge in [0.2, 0.25) is 0 Å². The summed E-state index contributed by atoms with van der Waals surface area (Å²) in [5.74, 6) is 1.67. The van der Waals surface area contributed by atoms with Crippen LogP contribution in [0.15, 0.2) is 4.99 Å². The van der Waals surface area contributed by atoms with Gasteiger partial charge in [0.1, 0.15) is 6.10 Å². The van der Waals surface area contributed by atoms with Crippen molar-refractivity contribution >= 4 is 5.96 Å². The van der Waals surface area contributed by atoms with Crippen LogP contribution in [-0.2, 0) is 14.2 Å². The maximum absolute atomic E-state index is 5.99. The third kappa shape index (κ3) is 6.31. The highest BCUT2D eigenvalue weighted by molar-refractivity contribution is 5.80. The Bertz CT molecular complexity index is 468. The molecule has 0 aliphatic carbocycles. The van der Waals surface area contributed by atoms with Gasteiger partial charge in [-0.15, -0.1) is 0 Å². The molecule has 0 aromatic rings. The predicted octanol–water partition coefficient (Wildman–Crippen LogP) is 1.19. The molecule has 27 heavy (non-hydrogen) atoms. The van der Waals surface area contributed by atoms with Crippen molar-refractivity contribution in [2.45, 2.75) is 51.9 Å². The van der Waals surface area contributed by atoms with Crippen molar-refractivity contribution in [2.75, 3.05) is 65.6 Å². The van der Waals surface area contributed by atoms with Crippen molar-refractivity contribution in [1.82, 2.24) is 15.1 Å². The zero-order valence-corrected chi connectivity index (χ0v) is 17.4. The van der Waals surface area contributed by atoms with Gasteiger partial charge in [0.15, 0.2) is 5.96 Å². The van der Waals surface area contributed by atoms with E-state index in [2.05, 4.69) is 35.9 Å². The Balaban J connectivity index is 1.55. The molecule has 7 heteroatoms. The number of guanidine groups is 1. The van der Waals surface area contributed by atoms with E-state index < -0.39 is 0 Å². The zero-order valence-electron chi connectivity index (χ0n) is 17.4. The lowest BCUT2D eigenvalue weighted by Gasteiger charge is -2.37. The molecule has 3 atom stereocenters. The van der Waals surface area contributed by atoms with Gasteiger partial charge in [-0.1, -0.05) is 13.8 Å². The molecule has 3 heterocycles. The van der Waals surface area contributed by atoms with Gasteiger partial charge in [-0.2, -0.15) is 0 Å². The summed E-state index contributed by atoms with van der Waals surface area (Å²) in [5, 5.41) is 3.46. The molecule has 3 fully saturated rings. The fourth-order valence-corrected chi connectivity index (χ4v) is 4.18. The van der Waals surface area contributed by atoms with E-state index in [1.165, 1.54) is 0 Å².